The van der Waals surface area contributed by atoms with Gasteiger partial charge < -0.3 is 9.32 Å². The van der Waals surface area contributed by atoms with E-state index in [4.69, 9.17) is 4.42 Å². The molecule has 0 N–H and O–H groups in total. The molecule has 2 heteroatoms. The lowest BCUT2D eigenvalue weighted by atomic mass is 9.79. The molecule has 0 saturated heterocycles. The van der Waals surface area contributed by atoms with Crippen molar-refractivity contribution in [3.8, 4) is 44.5 Å². The SMILES string of the molecule is CC1(C)c2ccccc2-c2cccc(-c3ccc(N(c4ccc(-c5ccccc5)cc4)c4ccc(-c5cccc6c5oc5ccccc56)cc4)cc3)c21. The van der Waals surface area contributed by atoms with Gasteiger partial charge in [0.15, 0.2) is 0 Å². The molecule has 0 fully saturated rings. The van der Waals surface area contributed by atoms with Gasteiger partial charge in [0, 0.05) is 38.8 Å². The Morgan fingerprint density at radius 1 is 0.377 bits per heavy atom. The molecule has 1 aromatic heterocycles. The molecular formula is C51H37NO. The van der Waals surface area contributed by atoms with Crippen LogP contribution in [-0.4, -0.2) is 0 Å². The maximum Gasteiger partial charge on any atom is 0.143 e. The van der Waals surface area contributed by atoms with Crippen molar-refractivity contribution < 1.29 is 4.42 Å². The molecule has 0 radical (unpaired) electrons. The Balaban J connectivity index is 1.05. The molecule has 0 saturated carbocycles. The average molecular weight is 680 g/mol. The fourth-order valence-electron chi connectivity index (χ4n) is 8.52. The molecule has 53 heavy (non-hydrogen) atoms. The lowest BCUT2D eigenvalue weighted by molar-refractivity contribution is 0.662. The van der Waals surface area contributed by atoms with Crippen LogP contribution in [0.5, 0.6) is 0 Å². The second-order valence-electron chi connectivity index (χ2n) is 14.5. The van der Waals surface area contributed by atoms with Gasteiger partial charge in [0.05, 0.1) is 0 Å². The number of fused-ring (bicyclic) bond motifs is 6. The molecule has 8 aromatic carbocycles. The van der Waals surface area contributed by atoms with Crippen LogP contribution in [0.2, 0.25) is 0 Å². The van der Waals surface area contributed by atoms with Crippen molar-refractivity contribution >= 4 is 39.0 Å². The highest BCUT2D eigenvalue weighted by atomic mass is 16.3. The van der Waals surface area contributed by atoms with Crippen LogP contribution in [0.4, 0.5) is 17.1 Å². The smallest absolute Gasteiger partial charge is 0.143 e. The molecule has 0 aliphatic heterocycles. The molecule has 10 rings (SSSR count). The summed E-state index contributed by atoms with van der Waals surface area (Å²) in [5.74, 6) is 0. The lowest BCUT2D eigenvalue weighted by Gasteiger charge is -2.27. The third kappa shape index (κ3) is 5.10. The van der Waals surface area contributed by atoms with E-state index >= 15 is 0 Å². The van der Waals surface area contributed by atoms with Crippen LogP contribution in [0.15, 0.2) is 192 Å². The Labute approximate surface area is 310 Å². The van der Waals surface area contributed by atoms with Gasteiger partial charge in [0.1, 0.15) is 11.2 Å². The molecule has 0 amide bonds. The van der Waals surface area contributed by atoms with Crippen LogP contribution < -0.4 is 4.90 Å². The standard InChI is InChI=1S/C51H37NO/c1-51(2)47-20-8-6-14-43(47)45-18-10-16-41(49(45)51)36-24-30-39(31-25-36)52(38-28-22-35(23-29-38)34-12-4-3-5-13-34)40-32-26-37(27-33-40)42-17-11-19-46-44-15-7-9-21-48(44)53-50(42)46/h3-33H,1-2H3. The second kappa shape index (κ2) is 12.3. The minimum atomic E-state index is -0.0812. The van der Waals surface area contributed by atoms with Crippen LogP contribution in [0.1, 0.15) is 25.0 Å². The molecule has 252 valence electrons. The Kier molecular flexibility index (Phi) is 7.19. The van der Waals surface area contributed by atoms with Gasteiger partial charge >= 0.3 is 0 Å². The van der Waals surface area contributed by atoms with Crippen molar-refractivity contribution in [3.05, 3.63) is 199 Å². The topological polar surface area (TPSA) is 16.4 Å². The summed E-state index contributed by atoms with van der Waals surface area (Å²) >= 11 is 0. The van der Waals surface area contributed by atoms with Crippen molar-refractivity contribution in [2.75, 3.05) is 4.90 Å². The van der Waals surface area contributed by atoms with E-state index in [0.717, 1.165) is 50.1 Å². The maximum absolute atomic E-state index is 6.40. The highest BCUT2D eigenvalue weighted by molar-refractivity contribution is 6.09. The summed E-state index contributed by atoms with van der Waals surface area (Å²) in [6.07, 6.45) is 0. The molecule has 1 aliphatic carbocycles. The number of hydrogen-bond donors (Lipinski definition) is 0. The molecule has 9 aromatic rings. The first-order valence-electron chi connectivity index (χ1n) is 18.3. The molecule has 1 heterocycles. The summed E-state index contributed by atoms with van der Waals surface area (Å²) in [5, 5.41) is 2.28. The van der Waals surface area contributed by atoms with Gasteiger partial charge in [-0.1, -0.05) is 159 Å². The van der Waals surface area contributed by atoms with Gasteiger partial charge in [-0.2, -0.15) is 0 Å². The number of nitrogens with zero attached hydrogens (tertiary/aromatic N) is 1. The van der Waals surface area contributed by atoms with Gasteiger partial charge in [-0.05, 0) is 92.5 Å². The van der Waals surface area contributed by atoms with E-state index in [-0.39, 0.29) is 5.41 Å². The molecule has 1 aliphatic rings. The number of hydrogen-bond acceptors (Lipinski definition) is 2. The van der Waals surface area contributed by atoms with Gasteiger partial charge in [-0.3, -0.25) is 0 Å². The number of benzene rings is 8. The molecular weight excluding hydrogens is 643 g/mol. The highest BCUT2D eigenvalue weighted by Gasteiger charge is 2.37. The third-order valence-electron chi connectivity index (χ3n) is 11.1. The van der Waals surface area contributed by atoms with E-state index in [2.05, 4.69) is 195 Å². The molecule has 0 unspecified atom stereocenters. The normalized spacial score (nSPS) is 12.9. The van der Waals surface area contributed by atoms with Gasteiger partial charge in [0.25, 0.3) is 0 Å². The van der Waals surface area contributed by atoms with E-state index in [1.165, 1.54) is 44.5 Å². The van der Waals surface area contributed by atoms with Gasteiger partial charge in [-0.15, -0.1) is 0 Å². The predicted octanol–water partition coefficient (Wildman–Crippen LogP) is 14.4. The number of anilines is 3. The van der Waals surface area contributed by atoms with E-state index in [1.54, 1.807) is 0 Å². The van der Waals surface area contributed by atoms with E-state index in [9.17, 15) is 0 Å². The quantitative estimate of drug-likeness (QED) is 0.174. The minimum Gasteiger partial charge on any atom is -0.455 e. The zero-order chi connectivity index (χ0) is 35.5. The summed E-state index contributed by atoms with van der Waals surface area (Å²) in [6, 6.07) is 67.7. The van der Waals surface area contributed by atoms with Crippen molar-refractivity contribution in [2.45, 2.75) is 19.3 Å². The van der Waals surface area contributed by atoms with Crippen LogP contribution in [0, 0.1) is 0 Å². The molecule has 0 spiro atoms. The molecule has 2 nitrogen and oxygen atoms in total. The van der Waals surface area contributed by atoms with Crippen molar-refractivity contribution in [2.24, 2.45) is 0 Å². The summed E-state index contributed by atoms with van der Waals surface area (Å²) in [7, 11) is 0. The molecule has 0 bridgehead atoms. The largest absolute Gasteiger partial charge is 0.455 e. The van der Waals surface area contributed by atoms with Crippen LogP contribution in [0.3, 0.4) is 0 Å². The summed E-state index contributed by atoms with van der Waals surface area (Å²) in [6.45, 7) is 4.71. The number of rotatable bonds is 6. The number of furan rings is 1. The maximum atomic E-state index is 6.40. The third-order valence-corrected chi connectivity index (χ3v) is 11.1. The first-order chi connectivity index (χ1) is 26.0. The Bertz CT molecular complexity index is 2770. The lowest BCUT2D eigenvalue weighted by Crippen LogP contribution is -2.16. The summed E-state index contributed by atoms with van der Waals surface area (Å²) in [4.78, 5) is 2.35. The Morgan fingerprint density at radius 3 is 1.58 bits per heavy atom. The predicted molar refractivity (Wildman–Crippen MR) is 222 cm³/mol. The second-order valence-corrected chi connectivity index (χ2v) is 14.5. The fourth-order valence-corrected chi connectivity index (χ4v) is 8.52. The van der Waals surface area contributed by atoms with Gasteiger partial charge in [-0.25, -0.2) is 0 Å². The first-order valence-corrected chi connectivity index (χ1v) is 18.3. The van der Waals surface area contributed by atoms with Crippen molar-refractivity contribution in [3.63, 3.8) is 0 Å². The molecule has 0 atom stereocenters. The number of para-hydroxylation sites is 2. The monoisotopic (exact) mass is 679 g/mol. The van der Waals surface area contributed by atoms with Crippen LogP contribution in [-0.2, 0) is 5.41 Å². The minimum absolute atomic E-state index is 0.0812. The Hall–Kier alpha value is -6.64. The van der Waals surface area contributed by atoms with E-state index < -0.39 is 0 Å². The zero-order valence-corrected chi connectivity index (χ0v) is 29.8. The fraction of sp³-hybridized carbons (Fsp3) is 0.0588. The summed E-state index contributed by atoms with van der Waals surface area (Å²) in [5.41, 5.74) is 17.6. The Morgan fingerprint density at radius 2 is 0.868 bits per heavy atom. The van der Waals surface area contributed by atoms with Crippen LogP contribution in [0.25, 0.3) is 66.4 Å². The zero-order valence-electron chi connectivity index (χ0n) is 29.8. The summed E-state index contributed by atoms with van der Waals surface area (Å²) < 4.78 is 6.40. The van der Waals surface area contributed by atoms with E-state index in [0.29, 0.717) is 0 Å². The van der Waals surface area contributed by atoms with Crippen molar-refractivity contribution in [1.29, 1.82) is 0 Å². The van der Waals surface area contributed by atoms with Gasteiger partial charge in [0.2, 0.25) is 0 Å². The first kappa shape index (κ1) is 31.1. The van der Waals surface area contributed by atoms with E-state index in [1.807, 2.05) is 12.1 Å². The highest BCUT2D eigenvalue weighted by Crippen LogP contribution is 2.52. The average Bonchev–Trinajstić information content (AvgIpc) is 3.71. The van der Waals surface area contributed by atoms with Crippen LogP contribution >= 0.6 is 0 Å². The van der Waals surface area contributed by atoms with Crippen molar-refractivity contribution in [1.82, 2.24) is 0 Å².